The van der Waals surface area contributed by atoms with Crippen LogP contribution in [0.15, 0.2) is 18.2 Å². The van der Waals surface area contributed by atoms with Crippen LogP contribution < -0.4 is 4.90 Å². The highest BCUT2D eigenvalue weighted by Gasteiger charge is 2.18. The number of nitrogens with zero attached hydrogens (tertiary/aromatic N) is 1. The molecule has 0 unspecified atom stereocenters. The highest BCUT2D eigenvalue weighted by molar-refractivity contribution is 5.70. The number of hydrogen-bond acceptors (Lipinski definition) is 4. The van der Waals surface area contributed by atoms with E-state index in [1.165, 1.54) is 19.2 Å². The maximum atomic E-state index is 13.1. The molecule has 0 aliphatic carbocycles. The number of carbonyl (C=O) groups excluding carboxylic acids is 1. The summed E-state index contributed by atoms with van der Waals surface area (Å²) in [5.74, 6) is -0.985. The Hall–Kier alpha value is -1.62. The number of rotatable bonds is 4. The molecule has 0 saturated heterocycles. The second kappa shape index (κ2) is 5.63. The van der Waals surface area contributed by atoms with Crippen molar-refractivity contribution < 1.29 is 19.0 Å². The summed E-state index contributed by atoms with van der Waals surface area (Å²) in [7, 11) is 4.80. The molecule has 1 aromatic rings. The fourth-order valence-electron chi connectivity index (χ4n) is 1.55. The van der Waals surface area contributed by atoms with E-state index in [1.54, 1.807) is 25.1 Å². The van der Waals surface area contributed by atoms with Gasteiger partial charge >= 0.3 is 5.97 Å². The van der Waals surface area contributed by atoms with Gasteiger partial charge in [0.25, 0.3) is 0 Å². The second-order valence-corrected chi connectivity index (χ2v) is 3.89. The van der Waals surface area contributed by atoms with Gasteiger partial charge in [-0.1, -0.05) is 0 Å². The van der Waals surface area contributed by atoms with Gasteiger partial charge in [-0.15, -0.1) is 0 Å². The Morgan fingerprint density at radius 1 is 1.53 bits per heavy atom. The summed E-state index contributed by atoms with van der Waals surface area (Å²) < 4.78 is 17.6. The van der Waals surface area contributed by atoms with Crippen LogP contribution in [0.25, 0.3) is 0 Å². The van der Waals surface area contributed by atoms with E-state index in [4.69, 9.17) is 0 Å². The first-order valence-electron chi connectivity index (χ1n) is 5.17. The van der Waals surface area contributed by atoms with E-state index in [0.717, 1.165) is 0 Å². The molecule has 4 nitrogen and oxygen atoms in total. The van der Waals surface area contributed by atoms with Crippen molar-refractivity contribution in [3.63, 3.8) is 0 Å². The second-order valence-electron chi connectivity index (χ2n) is 3.89. The summed E-state index contributed by atoms with van der Waals surface area (Å²) in [6.07, 6.45) is -1.27. The summed E-state index contributed by atoms with van der Waals surface area (Å²) in [6, 6.07) is 4.10. The van der Waals surface area contributed by atoms with E-state index in [-0.39, 0.29) is 6.42 Å². The van der Waals surface area contributed by atoms with Crippen LogP contribution >= 0.6 is 0 Å². The van der Waals surface area contributed by atoms with Crippen molar-refractivity contribution in [1.29, 1.82) is 0 Å². The van der Waals surface area contributed by atoms with Gasteiger partial charge < -0.3 is 14.7 Å². The SMILES string of the molecule is COC(=O)C[C@@H](O)c1cc(F)ccc1N(C)C. The lowest BCUT2D eigenvalue weighted by Crippen LogP contribution is -2.15. The topological polar surface area (TPSA) is 49.8 Å². The Morgan fingerprint density at radius 2 is 2.18 bits per heavy atom. The quantitative estimate of drug-likeness (QED) is 0.811. The Labute approximate surface area is 99.6 Å². The van der Waals surface area contributed by atoms with Crippen LogP contribution in [0.3, 0.4) is 0 Å². The summed E-state index contributed by atoms with van der Waals surface area (Å²) in [5.41, 5.74) is 1.04. The Morgan fingerprint density at radius 3 is 2.71 bits per heavy atom. The van der Waals surface area contributed by atoms with E-state index >= 15 is 0 Å². The molecule has 1 N–H and O–H groups in total. The highest BCUT2D eigenvalue weighted by atomic mass is 19.1. The molecule has 0 aliphatic rings. The minimum absolute atomic E-state index is 0.194. The van der Waals surface area contributed by atoms with Crippen molar-refractivity contribution in [2.24, 2.45) is 0 Å². The number of aliphatic hydroxyl groups excluding tert-OH is 1. The average Bonchev–Trinajstić information content (AvgIpc) is 2.28. The van der Waals surface area contributed by atoms with Gasteiger partial charge in [0.05, 0.1) is 19.6 Å². The first-order valence-corrected chi connectivity index (χ1v) is 5.17. The van der Waals surface area contributed by atoms with Crippen molar-refractivity contribution in [2.45, 2.75) is 12.5 Å². The number of benzene rings is 1. The first kappa shape index (κ1) is 13.4. The van der Waals surface area contributed by atoms with Crippen LogP contribution in [0.4, 0.5) is 10.1 Å². The Kier molecular flexibility index (Phi) is 4.45. The summed E-state index contributed by atoms with van der Waals surface area (Å²) in [6.45, 7) is 0. The van der Waals surface area contributed by atoms with Gasteiger partial charge in [-0.3, -0.25) is 4.79 Å². The lowest BCUT2D eigenvalue weighted by Gasteiger charge is -2.20. The third-order valence-corrected chi connectivity index (χ3v) is 2.42. The van der Waals surface area contributed by atoms with Crippen molar-refractivity contribution in [2.75, 3.05) is 26.1 Å². The molecule has 94 valence electrons. The highest BCUT2D eigenvalue weighted by Crippen LogP contribution is 2.28. The molecular formula is C12H16FNO3. The number of ether oxygens (including phenoxy) is 1. The molecule has 17 heavy (non-hydrogen) atoms. The average molecular weight is 241 g/mol. The molecule has 0 amide bonds. The van der Waals surface area contributed by atoms with Gasteiger partial charge in [-0.2, -0.15) is 0 Å². The molecule has 0 radical (unpaired) electrons. The molecular weight excluding hydrogens is 225 g/mol. The fraction of sp³-hybridized carbons (Fsp3) is 0.417. The van der Waals surface area contributed by atoms with Crippen LogP contribution in [0, 0.1) is 5.82 Å². The van der Waals surface area contributed by atoms with Crippen LogP contribution in [-0.4, -0.2) is 32.3 Å². The van der Waals surface area contributed by atoms with Gasteiger partial charge in [0.15, 0.2) is 0 Å². The number of aliphatic hydroxyl groups is 1. The van der Waals surface area contributed by atoms with Crippen LogP contribution in [0.5, 0.6) is 0 Å². The van der Waals surface area contributed by atoms with Crippen LogP contribution in [0.1, 0.15) is 18.1 Å². The molecule has 0 aromatic heterocycles. The lowest BCUT2D eigenvalue weighted by molar-refractivity contribution is -0.142. The predicted molar refractivity (Wildman–Crippen MR) is 62.3 cm³/mol. The van der Waals surface area contributed by atoms with Gasteiger partial charge in [0.2, 0.25) is 0 Å². The first-order chi connectivity index (χ1) is 7.95. The zero-order chi connectivity index (χ0) is 13.0. The number of halogens is 1. The minimum atomic E-state index is -1.07. The molecule has 5 heteroatoms. The zero-order valence-electron chi connectivity index (χ0n) is 10.1. The molecule has 0 fully saturated rings. The van der Waals surface area contributed by atoms with Crippen molar-refractivity contribution in [3.05, 3.63) is 29.6 Å². The smallest absolute Gasteiger partial charge is 0.308 e. The largest absolute Gasteiger partial charge is 0.469 e. The van der Waals surface area contributed by atoms with Gasteiger partial charge in [-0.25, -0.2) is 4.39 Å². The van der Waals surface area contributed by atoms with Gasteiger partial charge in [0, 0.05) is 25.3 Å². The van der Waals surface area contributed by atoms with Crippen molar-refractivity contribution in [1.82, 2.24) is 0 Å². The van der Waals surface area contributed by atoms with E-state index in [1.807, 2.05) is 0 Å². The van der Waals surface area contributed by atoms with E-state index in [9.17, 15) is 14.3 Å². The van der Waals surface area contributed by atoms with Crippen molar-refractivity contribution in [3.8, 4) is 0 Å². The summed E-state index contributed by atoms with van der Waals surface area (Å²) >= 11 is 0. The van der Waals surface area contributed by atoms with Crippen LogP contribution in [-0.2, 0) is 9.53 Å². The van der Waals surface area contributed by atoms with E-state index in [2.05, 4.69) is 4.74 Å². The van der Waals surface area contributed by atoms with Crippen molar-refractivity contribution >= 4 is 11.7 Å². The van der Waals surface area contributed by atoms with E-state index in [0.29, 0.717) is 11.3 Å². The normalized spacial score (nSPS) is 12.1. The molecule has 0 saturated carbocycles. The maximum absolute atomic E-state index is 13.1. The number of anilines is 1. The zero-order valence-corrected chi connectivity index (χ0v) is 10.1. The number of methoxy groups -OCH3 is 1. The van der Waals surface area contributed by atoms with E-state index < -0.39 is 17.9 Å². The monoisotopic (exact) mass is 241 g/mol. The molecule has 0 aliphatic heterocycles. The Balaban J connectivity index is 3.01. The minimum Gasteiger partial charge on any atom is -0.469 e. The molecule has 1 rings (SSSR count). The molecule has 1 atom stereocenters. The number of hydrogen-bond donors (Lipinski definition) is 1. The Bertz CT molecular complexity index is 407. The third kappa shape index (κ3) is 3.42. The summed E-state index contributed by atoms with van der Waals surface area (Å²) in [4.78, 5) is 12.8. The summed E-state index contributed by atoms with van der Waals surface area (Å²) in [5, 5.41) is 9.88. The fourth-order valence-corrected chi connectivity index (χ4v) is 1.55. The molecule has 1 aromatic carbocycles. The maximum Gasteiger partial charge on any atom is 0.308 e. The predicted octanol–water partition coefficient (Wildman–Crippen LogP) is 1.49. The van der Waals surface area contributed by atoms with Gasteiger partial charge in [-0.05, 0) is 18.2 Å². The molecule has 0 heterocycles. The van der Waals surface area contributed by atoms with Crippen LogP contribution in [0.2, 0.25) is 0 Å². The number of esters is 1. The standard InChI is InChI=1S/C12H16FNO3/c1-14(2)10-5-4-8(13)6-9(10)11(15)7-12(16)17-3/h4-6,11,15H,7H2,1-3H3/t11-/m1/s1. The number of carbonyl (C=O) groups is 1. The van der Waals surface area contributed by atoms with Gasteiger partial charge in [0.1, 0.15) is 5.82 Å². The lowest BCUT2D eigenvalue weighted by atomic mass is 10.0. The third-order valence-electron chi connectivity index (χ3n) is 2.42. The molecule has 0 bridgehead atoms. The molecule has 0 spiro atoms.